The van der Waals surface area contributed by atoms with Crippen LogP contribution in [0, 0.1) is 6.92 Å². The molecular weight excluding hydrogens is 176 g/mol. The molecule has 3 aromatic heterocycles. The van der Waals surface area contributed by atoms with Crippen LogP contribution in [0.1, 0.15) is 5.69 Å². The van der Waals surface area contributed by atoms with Crippen molar-refractivity contribution in [3.8, 4) is 0 Å². The fraction of sp³-hybridized carbons (Fsp3) is 0.100. The molecule has 3 rings (SSSR count). The molecule has 68 valence electrons. The monoisotopic (exact) mass is 184 g/mol. The van der Waals surface area contributed by atoms with E-state index in [1.165, 1.54) is 0 Å². The molecule has 4 heteroatoms. The summed E-state index contributed by atoms with van der Waals surface area (Å²) in [6.07, 6.45) is 5.50. The minimum atomic E-state index is 0.730. The number of aryl methyl sites for hydroxylation is 1. The number of imidazole rings is 1. The van der Waals surface area contributed by atoms with Gasteiger partial charge in [-0.15, -0.1) is 0 Å². The van der Waals surface area contributed by atoms with E-state index in [0.29, 0.717) is 0 Å². The molecular formula is C10H8N4. The number of hydrogen-bond donors (Lipinski definition) is 0. The molecule has 0 amide bonds. The third kappa shape index (κ3) is 0.907. The Morgan fingerprint density at radius 2 is 2.14 bits per heavy atom. The Bertz CT molecular complexity index is 612. The third-order valence-corrected chi connectivity index (χ3v) is 2.21. The zero-order valence-corrected chi connectivity index (χ0v) is 7.68. The number of aromatic nitrogens is 4. The van der Waals surface area contributed by atoms with Gasteiger partial charge in [0.1, 0.15) is 0 Å². The van der Waals surface area contributed by atoms with Crippen molar-refractivity contribution in [1.82, 2.24) is 19.4 Å². The molecule has 0 bridgehead atoms. The van der Waals surface area contributed by atoms with E-state index in [2.05, 4.69) is 15.0 Å². The number of pyridine rings is 1. The summed E-state index contributed by atoms with van der Waals surface area (Å²) in [7, 11) is 0. The lowest BCUT2D eigenvalue weighted by Crippen LogP contribution is -1.89. The van der Waals surface area contributed by atoms with Gasteiger partial charge < -0.3 is 0 Å². The van der Waals surface area contributed by atoms with Crippen molar-refractivity contribution in [1.29, 1.82) is 0 Å². The Morgan fingerprint density at radius 1 is 1.21 bits per heavy atom. The number of nitrogens with zero attached hydrogens (tertiary/aromatic N) is 4. The van der Waals surface area contributed by atoms with E-state index in [4.69, 9.17) is 0 Å². The van der Waals surface area contributed by atoms with E-state index in [1.54, 1.807) is 12.4 Å². The molecule has 0 unspecified atom stereocenters. The standard InChI is InChI=1S/C10H8N4/c1-7-3-5-14-9-6-11-4-2-8(9)13-10(14)12-7/h2-6H,1H3. The van der Waals surface area contributed by atoms with Crippen molar-refractivity contribution in [3.63, 3.8) is 0 Å². The highest BCUT2D eigenvalue weighted by Crippen LogP contribution is 2.13. The van der Waals surface area contributed by atoms with Gasteiger partial charge in [0.2, 0.25) is 5.78 Å². The Labute approximate surface area is 80.3 Å². The molecule has 0 aliphatic heterocycles. The highest BCUT2D eigenvalue weighted by atomic mass is 15.1. The van der Waals surface area contributed by atoms with Crippen LogP contribution >= 0.6 is 0 Å². The molecule has 0 radical (unpaired) electrons. The predicted molar refractivity (Wildman–Crippen MR) is 53.0 cm³/mol. The summed E-state index contributed by atoms with van der Waals surface area (Å²) in [6.45, 7) is 1.96. The Kier molecular flexibility index (Phi) is 1.33. The molecule has 4 nitrogen and oxygen atoms in total. The van der Waals surface area contributed by atoms with Crippen molar-refractivity contribution in [3.05, 3.63) is 36.4 Å². The first-order valence-electron chi connectivity index (χ1n) is 4.40. The SMILES string of the molecule is Cc1ccn2c(n1)nc1ccncc12. The van der Waals surface area contributed by atoms with Crippen LogP contribution in [-0.2, 0) is 0 Å². The van der Waals surface area contributed by atoms with Crippen LogP contribution in [0.4, 0.5) is 0 Å². The first-order chi connectivity index (χ1) is 6.84. The van der Waals surface area contributed by atoms with Gasteiger partial charge in [0.25, 0.3) is 0 Å². The van der Waals surface area contributed by atoms with Gasteiger partial charge in [0.05, 0.1) is 17.2 Å². The lowest BCUT2D eigenvalue weighted by Gasteiger charge is -1.94. The largest absolute Gasteiger partial charge is 0.282 e. The summed E-state index contributed by atoms with van der Waals surface area (Å²) in [6, 6.07) is 3.85. The maximum absolute atomic E-state index is 4.39. The van der Waals surface area contributed by atoms with Crippen LogP contribution in [0.15, 0.2) is 30.7 Å². The van der Waals surface area contributed by atoms with Gasteiger partial charge in [-0.05, 0) is 19.1 Å². The van der Waals surface area contributed by atoms with Gasteiger partial charge in [-0.2, -0.15) is 0 Å². The summed E-state index contributed by atoms with van der Waals surface area (Å²) in [5.41, 5.74) is 2.90. The highest BCUT2D eigenvalue weighted by molar-refractivity contribution is 5.78. The number of rotatable bonds is 0. The van der Waals surface area contributed by atoms with Gasteiger partial charge in [0.15, 0.2) is 0 Å². The second kappa shape index (κ2) is 2.51. The maximum atomic E-state index is 4.39. The van der Waals surface area contributed by atoms with E-state index < -0.39 is 0 Å². The first-order valence-corrected chi connectivity index (χ1v) is 4.40. The molecule has 14 heavy (non-hydrogen) atoms. The zero-order chi connectivity index (χ0) is 9.54. The normalized spacial score (nSPS) is 11.2. The summed E-state index contributed by atoms with van der Waals surface area (Å²) in [5, 5.41) is 0. The summed E-state index contributed by atoms with van der Waals surface area (Å²) >= 11 is 0. The molecule has 3 aromatic rings. The topological polar surface area (TPSA) is 43.1 Å². The second-order valence-corrected chi connectivity index (χ2v) is 3.22. The molecule has 3 heterocycles. The first kappa shape index (κ1) is 7.44. The molecule has 0 atom stereocenters. The molecule has 0 saturated carbocycles. The maximum Gasteiger partial charge on any atom is 0.235 e. The Morgan fingerprint density at radius 3 is 3.07 bits per heavy atom. The van der Waals surface area contributed by atoms with E-state index >= 15 is 0 Å². The van der Waals surface area contributed by atoms with E-state index in [0.717, 1.165) is 22.5 Å². The van der Waals surface area contributed by atoms with Gasteiger partial charge in [-0.3, -0.25) is 9.38 Å². The molecule has 0 spiro atoms. The van der Waals surface area contributed by atoms with E-state index in [9.17, 15) is 0 Å². The van der Waals surface area contributed by atoms with Crippen molar-refractivity contribution < 1.29 is 0 Å². The Hall–Kier alpha value is -1.97. The molecule has 0 fully saturated rings. The zero-order valence-electron chi connectivity index (χ0n) is 7.68. The molecule has 0 aliphatic carbocycles. The number of hydrogen-bond acceptors (Lipinski definition) is 3. The minimum Gasteiger partial charge on any atom is -0.282 e. The Balaban J connectivity index is 2.57. The van der Waals surface area contributed by atoms with Gasteiger partial charge in [-0.25, -0.2) is 9.97 Å². The van der Waals surface area contributed by atoms with Crippen LogP contribution in [0.25, 0.3) is 16.8 Å². The van der Waals surface area contributed by atoms with Crippen molar-refractivity contribution in [2.45, 2.75) is 6.92 Å². The van der Waals surface area contributed by atoms with Crippen molar-refractivity contribution in [2.24, 2.45) is 0 Å². The summed E-state index contributed by atoms with van der Waals surface area (Å²) in [5.74, 6) is 0.730. The van der Waals surface area contributed by atoms with Gasteiger partial charge >= 0.3 is 0 Å². The third-order valence-electron chi connectivity index (χ3n) is 2.21. The lowest BCUT2D eigenvalue weighted by atomic mass is 10.4. The van der Waals surface area contributed by atoms with Crippen LogP contribution in [0.3, 0.4) is 0 Å². The second-order valence-electron chi connectivity index (χ2n) is 3.22. The molecule has 0 aliphatic rings. The smallest absolute Gasteiger partial charge is 0.235 e. The average Bonchev–Trinajstić information content (AvgIpc) is 2.54. The number of fused-ring (bicyclic) bond motifs is 3. The summed E-state index contributed by atoms with van der Waals surface area (Å²) < 4.78 is 1.94. The molecule has 0 aromatic carbocycles. The van der Waals surface area contributed by atoms with Gasteiger partial charge in [-0.1, -0.05) is 0 Å². The minimum absolute atomic E-state index is 0.730. The predicted octanol–water partition coefficient (Wildman–Crippen LogP) is 1.59. The fourth-order valence-electron chi connectivity index (χ4n) is 1.53. The van der Waals surface area contributed by atoms with Crippen molar-refractivity contribution >= 4 is 16.8 Å². The average molecular weight is 184 g/mol. The molecule has 0 saturated heterocycles. The quantitative estimate of drug-likeness (QED) is 0.532. The fourth-order valence-corrected chi connectivity index (χ4v) is 1.53. The van der Waals surface area contributed by atoms with E-state index in [1.807, 2.05) is 29.7 Å². The lowest BCUT2D eigenvalue weighted by molar-refractivity contribution is 1.09. The van der Waals surface area contributed by atoms with Crippen LogP contribution in [0.5, 0.6) is 0 Å². The van der Waals surface area contributed by atoms with Gasteiger partial charge in [0, 0.05) is 18.1 Å². The van der Waals surface area contributed by atoms with E-state index in [-0.39, 0.29) is 0 Å². The van der Waals surface area contributed by atoms with Crippen molar-refractivity contribution in [2.75, 3.05) is 0 Å². The van der Waals surface area contributed by atoms with Crippen LogP contribution in [0.2, 0.25) is 0 Å². The molecule has 0 N–H and O–H groups in total. The summed E-state index contributed by atoms with van der Waals surface area (Å²) in [4.78, 5) is 12.8. The highest BCUT2D eigenvalue weighted by Gasteiger charge is 2.03. The van der Waals surface area contributed by atoms with Crippen LogP contribution < -0.4 is 0 Å². The van der Waals surface area contributed by atoms with Crippen LogP contribution in [-0.4, -0.2) is 19.4 Å².